The van der Waals surface area contributed by atoms with Gasteiger partial charge in [0.25, 0.3) is 0 Å². The van der Waals surface area contributed by atoms with E-state index in [1.165, 1.54) is 10.4 Å². The molecule has 0 spiro atoms. The molecule has 3 aromatic rings. The second-order valence-corrected chi connectivity index (χ2v) is 11.0. The van der Waals surface area contributed by atoms with E-state index in [0.717, 1.165) is 16.4 Å². The van der Waals surface area contributed by atoms with Crippen LogP contribution in [0.25, 0.3) is 0 Å². The molecule has 2 heterocycles. The highest BCUT2D eigenvalue weighted by atomic mass is 35.5. The molecule has 0 saturated carbocycles. The van der Waals surface area contributed by atoms with Crippen molar-refractivity contribution >= 4 is 49.7 Å². The number of methoxy groups -OCH3 is 2. The zero-order valence-electron chi connectivity index (χ0n) is 18.1. The van der Waals surface area contributed by atoms with Crippen molar-refractivity contribution in [2.45, 2.75) is 11.3 Å². The number of ether oxygens (including phenoxy) is 2. The summed E-state index contributed by atoms with van der Waals surface area (Å²) >= 11 is 13.7. The molecular formula is C22H23Cl2N3O4S2. The fourth-order valence-electron chi connectivity index (χ4n) is 3.66. The quantitative estimate of drug-likeness (QED) is 0.448. The number of thiazole rings is 1. The van der Waals surface area contributed by atoms with E-state index in [0.29, 0.717) is 44.1 Å². The molecule has 0 atom stereocenters. The van der Waals surface area contributed by atoms with Gasteiger partial charge in [0, 0.05) is 38.0 Å². The molecule has 1 aliphatic rings. The summed E-state index contributed by atoms with van der Waals surface area (Å²) in [6.07, 6.45) is 0.665. The highest BCUT2D eigenvalue weighted by Crippen LogP contribution is 2.32. The summed E-state index contributed by atoms with van der Waals surface area (Å²) in [7, 11) is -0.494. The first kappa shape index (κ1) is 24.1. The van der Waals surface area contributed by atoms with Gasteiger partial charge < -0.3 is 14.4 Å². The number of benzene rings is 2. The molecule has 0 amide bonds. The lowest BCUT2D eigenvalue weighted by molar-refractivity contribution is 0.354. The standard InChI is InChI=1S/C22H23Cl2N3O4S2/c1-30-18-7-6-15(13-19(18)31-2)12-16-14-32-22(25-16)26-8-10-27(11-9-26)33(28,29)20-5-3-4-17(23)21(20)24/h3-7,13-14H,8-12H2,1-2H3. The third kappa shape index (κ3) is 5.07. The molecule has 33 heavy (non-hydrogen) atoms. The van der Waals surface area contributed by atoms with Crippen LogP contribution in [0.3, 0.4) is 0 Å². The molecule has 2 aromatic carbocycles. The molecule has 0 bridgehead atoms. The molecule has 1 aliphatic heterocycles. The predicted molar refractivity (Wildman–Crippen MR) is 132 cm³/mol. The maximum atomic E-state index is 13.0. The van der Waals surface area contributed by atoms with Crippen LogP contribution in [-0.4, -0.2) is 58.1 Å². The minimum Gasteiger partial charge on any atom is -0.493 e. The van der Waals surface area contributed by atoms with Crippen LogP contribution >= 0.6 is 34.5 Å². The Morgan fingerprint density at radius 3 is 2.45 bits per heavy atom. The number of anilines is 1. The van der Waals surface area contributed by atoms with E-state index in [1.54, 1.807) is 37.7 Å². The molecule has 4 rings (SSSR count). The highest BCUT2D eigenvalue weighted by Gasteiger charge is 2.31. The fraction of sp³-hybridized carbons (Fsp3) is 0.318. The molecule has 1 saturated heterocycles. The first-order valence-electron chi connectivity index (χ1n) is 10.2. The summed E-state index contributed by atoms with van der Waals surface area (Å²) in [6, 6.07) is 10.5. The van der Waals surface area contributed by atoms with Gasteiger partial charge in [-0.15, -0.1) is 11.3 Å². The van der Waals surface area contributed by atoms with Crippen molar-refractivity contribution in [2.24, 2.45) is 0 Å². The lowest BCUT2D eigenvalue weighted by atomic mass is 10.1. The molecule has 1 fully saturated rings. The Morgan fingerprint density at radius 2 is 1.76 bits per heavy atom. The van der Waals surface area contributed by atoms with Gasteiger partial charge in [0.1, 0.15) is 4.90 Å². The van der Waals surface area contributed by atoms with Crippen molar-refractivity contribution in [2.75, 3.05) is 45.3 Å². The number of rotatable bonds is 7. The van der Waals surface area contributed by atoms with Crippen LogP contribution in [-0.2, 0) is 16.4 Å². The average Bonchev–Trinajstić information content (AvgIpc) is 3.29. The number of hydrogen-bond donors (Lipinski definition) is 0. The number of halogens is 2. The molecular weight excluding hydrogens is 505 g/mol. The zero-order valence-corrected chi connectivity index (χ0v) is 21.3. The van der Waals surface area contributed by atoms with Crippen LogP contribution in [0.5, 0.6) is 11.5 Å². The van der Waals surface area contributed by atoms with Crippen LogP contribution in [0.15, 0.2) is 46.7 Å². The molecule has 0 radical (unpaired) electrons. The topological polar surface area (TPSA) is 72.0 Å². The van der Waals surface area contributed by atoms with Gasteiger partial charge in [0.2, 0.25) is 10.0 Å². The van der Waals surface area contributed by atoms with E-state index in [1.807, 2.05) is 23.6 Å². The lowest BCUT2D eigenvalue weighted by Gasteiger charge is -2.34. The van der Waals surface area contributed by atoms with E-state index in [-0.39, 0.29) is 14.9 Å². The monoisotopic (exact) mass is 527 g/mol. The van der Waals surface area contributed by atoms with Gasteiger partial charge in [-0.1, -0.05) is 35.3 Å². The van der Waals surface area contributed by atoms with Crippen molar-refractivity contribution in [3.63, 3.8) is 0 Å². The average molecular weight is 528 g/mol. The zero-order chi connectivity index (χ0) is 23.6. The van der Waals surface area contributed by atoms with Gasteiger partial charge in [-0.3, -0.25) is 0 Å². The van der Waals surface area contributed by atoms with Crippen LogP contribution < -0.4 is 14.4 Å². The summed E-state index contributed by atoms with van der Waals surface area (Å²) < 4.78 is 38.2. The second kappa shape index (κ2) is 10.1. The Balaban J connectivity index is 1.41. The van der Waals surface area contributed by atoms with Gasteiger partial charge >= 0.3 is 0 Å². The van der Waals surface area contributed by atoms with E-state index < -0.39 is 10.0 Å². The number of sulfonamides is 1. The Bertz CT molecular complexity index is 1240. The summed E-state index contributed by atoms with van der Waals surface area (Å²) in [4.78, 5) is 6.91. The minimum atomic E-state index is -3.72. The molecule has 11 heteroatoms. The Morgan fingerprint density at radius 1 is 1.03 bits per heavy atom. The summed E-state index contributed by atoms with van der Waals surface area (Å²) in [5.74, 6) is 1.37. The third-order valence-corrected chi connectivity index (χ3v) is 9.24. The normalized spacial score (nSPS) is 15.0. The smallest absolute Gasteiger partial charge is 0.244 e. The Kier molecular flexibility index (Phi) is 7.35. The first-order valence-corrected chi connectivity index (χ1v) is 13.3. The van der Waals surface area contributed by atoms with Crippen molar-refractivity contribution in [1.82, 2.24) is 9.29 Å². The largest absolute Gasteiger partial charge is 0.493 e. The van der Waals surface area contributed by atoms with Crippen LogP contribution in [0.4, 0.5) is 5.13 Å². The number of piperazine rings is 1. The van der Waals surface area contributed by atoms with E-state index >= 15 is 0 Å². The Hall–Kier alpha value is -2.04. The maximum Gasteiger partial charge on any atom is 0.244 e. The minimum absolute atomic E-state index is 0.0385. The molecule has 176 valence electrons. The number of hydrogen-bond acceptors (Lipinski definition) is 7. The number of aromatic nitrogens is 1. The third-order valence-electron chi connectivity index (χ3n) is 5.42. The van der Waals surface area contributed by atoms with Crippen LogP contribution in [0.2, 0.25) is 10.0 Å². The number of nitrogens with zero attached hydrogens (tertiary/aromatic N) is 3. The van der Waals surface area contributed by atoms with E-state index in [2.05, 4.69) is 4.90 Å². The van der Waals surface area contributed by atoms with Gasteiger partial charge in [-0.05, 0) is 29.8 Å². The van der Waals surface area contributed by atoms with Crippen molar-refractivity contribution in [3.8, 4) is 11.5 Å². The summed E-state index contributed by atoms with van der Waals surface area (Å²) in [5.41, 5.74) is 2.02. The molecule has 0 aliphatic carbocycles. The van der Waals surface area contributed by atoms with Crippen LogP contribution in [0, 0.1) is 0 Å². The maximum absolute atomic E-state index is 13.0. The Labute approximate surface area is 207 Å². The van der Waals surface area contributed by atoms with Crippen molar-refractivity contribution in [1.29, 1.82) is 0 Å². The fourth-order valence-corrected chi connectivity index (χ4v) is 6.70. The summed E-state index contributed by atoms with van der Waals surface area (Å²) in [5, 5.41) is 3.19. The summed E-state index contributed by atoms with van der Waals surface area (Å²) in [6.45, 7) is 1.77. The second-order valence-electron chi connectivity index (χ2n) is 7.43. The van der Waals surface area contributed by atoms with Gasteiger partial charge in [0.05, 0.1) is 30.0 Å². The molecule has 7 nitrogen and oxygen atoms in total. The first-order chi connectivity index (χ1) is 15.8. The highest BCUT2D eigenvalue weighted by molar-refractivity contribution is 7.89. The van der Waals surface area contributed by atoms with Crippen LogP contribution in [0.1, 0.15) is 11.3 Å². The van der Waals surface area contributed by atoms with Gasteiger partial charge in [0.15, 0.2) is 16.6 Å². The van der Waals surface area contributed by atoms with Gasteiger partial charge in [-0.2, -0.15) is 4.31 Å². The molecule has 0 N–H and O–H groups in total. The van der Waals surface area contributed by atoms with Gasteiger partial charge in [-0.25, -0.2) is 13.4 Å². The SMILES string of the molecule is COc1ccc(Cc2csc(N3CCN(S(=O)(=O)c4cccc(Cl)c4Cl)CC3)n2)cc1OC. The molecule has 0 unspecified atom stereocenters. The van der Waals surface area contributed by atoms with Crippen molar-refractivity contribution in [3.05, 3.63) is 63.1 Å². The van der Waals surface area contributed by atoms with E-state index in [9.17, 15) is 8.42 Å². The predicted octanol–water partition coefficient (Wildman–Crippen LogP) is 4.57. The molecule has 1 aromatic heterocycles. The van der Waals surface area contributed by atoms with E-state index in [4.69, 9.17) is 37.7 Å². The van der Waals surface area contributed by atoms with Crippen molar-refractivity contribution < 1.29 is 17.9 Å². The lowest BCUT2D eigenvalue weighted by Crippen LogP contribution is -2.48.